The highest BCUT2D eigenvalue weighted by atomic mass is 32.2. The van der Waals surface area contributed by atoms with Crippen molar-refractivity contribution in [1.29, 1.82) is 0 Å². The van der Waals surface area contributed by atoms with E-state index in [1.54, 1.807) is 0 Å². The van der Waals surface area contributed by atoms with Gasteiger partial charge in [0.2, 0.25) is 11.6 Å². The van der Waals surface area contributed by atoms with E-state index in [2.05, 4.69) is 0 Å². The Morgan fingerprint density at radius 1 is 0.771 bits per heavy atom. The van der Waals surface area contributed by atoms with Crippen LogP contribution in [0.5, 0.6) is 11.5 Å². The summed E-state index contributed by atoms with van der Waals surface area (Å²) in [4.78, 5) is 82.9. The number of ether oxygens (including phenoxy) is 3. The number of esters is 1. The standard InChI is InChI=1S/C33H32O14S/c1-14-32(43)28(41)24-18(6-4-8-20(24)34)26(39)30(32,12-16(46-14)10-22(36)37)48-31-13-17(11-23(38)45-3)47-15(2)33(31,44)29(42)25-19(27(31)40)7-5-9-21(25)35/h4-9,14-17,34-35,43-44H,10-13H2,1-3H3,(H,36,37). The lowest BCUT2D eigenvalue weighted by molar-refractivity contribution is -0.172. The van der Waals surface area contributed by atoms with Gasteiger partial charge in [-0.1, -0.05) is 24.3 Å². The van der Waals surface area contributed by atoms with Gasteiger partial charge in [-0.3, -0.25) is 28.8 Å². The second-order valence-corrected chi connectivity index (χ2v) is 14.2. The average molecular weight is 685 g/mol. The Balaban J connectivity index is 1.67. The topological polar surface area (TPSA) is 231 Å². The van der Waals surface area contributed by atoms with Crippen LogP contribution >= 0.6 is 11.8 Å². The van der Waals surface area contributed by atoms with Gasteiger partial charge in [0.05, 0.1) is 55.5 Å². The third-order valence-corrected chi connectivity index (χ3v) is 12.1. The normalized spacial score (nSPS) is 35.6. The quantitative estimate of drug-likeness (QED) is 0.272. The van der Waals surface area contributed by atoms with E-state index in [1.807, 2.05) is 0 Å². The first-order valence-electron chi connectivity index (χ1n) is 15.1. The predicted molar refractivity (Wildman–Crippen MR) is 163 cm³/mol. The van der Waals surface area contributed by atoms with Crippen LogP contribution in [0.2, 0.25) is 0 Å². The highest BCUT2D eigenvalue weighted by Crippen LogP contribution is 2.64. The maximum absolute atomic E-state index is 14.9. The summed E-state index contributed by atoms with van der Waals surface area (Å²) in [6.45, 7) is 2.50. The maximum atomic E-state index is 14.9. The van der Waals surface area contributed by atoms with Crippen LogP contribution in [-0.4, -0.2) is 113 Å². The Labute approximate surface area is 277 Å². The molecule has 14 nitrogen and oxygen atoms in total. The number of carboxylic acid groups (broad SMARTS) is 1. The van der Waals surface area contributed by atoms with E-state index in [4.69, 9.17) is 14.2 Å². The van der Waals surface area contributed by atoms with Crippen LogP contribution in [0.25, 0.3) is 0 Å². The zero-order chi connectivity index (χ0) is 35.1. The van der Waals surface area contributed by atoms with Crippen molar-refractivity contribution in [3.63, 3.8) is 0 Å². The molecule has 48 heavy (non-hydrogen) atoms. The molecule has 0 bridgehead atoms. The maximum Gasteiger partial charge on any atom is 0.308 e. The van der Waals surface area contributed by atoms with Gasteiger partial charge in [0.25, 0.3) is 0 Å². The summed E-state index contributed by atoms with van der Waals surface area (Å²) >= 11 is 0.332. The number of phenols is 2. The lowest BCUT2D eigenvalue weighted by Crippen LogP contribution is -2.79. The Bertz CT molecular complexity index is 1810. The summed E-state index contributed by atoms with van der Waals surface area (Å²) in [6.07, 6.45) is -8.20. The number of ketones is 4. The summed E-state index contributed by atoms with van der Waals surface area (Å²) in [5.41, 5.74) is -7.49. The van der Waals surface area contributed by atoms with Gasteiger partial charge in [0.15, 0.2) is 22.8 Å². The van der Waals surface area contributed by atoms with Crippen LogP contribution < -0.4 is 0 Å². The van der Waals surface area contributed by atoms with Gasteiger partial charge >= 0.3 is 11.9 Å². The number of methoxy groups -OCH3 is 1. The molecule has 2 fully saturated rings. The number of rotatable bonds is 6. The molecule has 0 aromatic heterocycles. The van der Waals surface area contributed by atoms with Crippen molar-refractivity contribution in [3.05, 3.63) is 58.7 Å². The van der Waals surface area contributed by atoms with Crippen LogP contribution in [0.15, 0.2) is 36.4 Å². The molecule has 6 rings (SSSR count). The number of benzene rings is 2. The van der Waals surface area contributed by atoms with Crippen molar-refractivity contribution in [3.8, 4) is 11.5 Å². The molecule has 5 N–H and O–H groups in total. The molecule has 4 aliphatic rings. The number of fused-ring (bicyclic) bond motifs is 4. The number of hydrogen-bond donors (Lipinski definition) is 5. The highest BCUT2D eigenvalue weighted by molar-refractivity contribution is 8.03. The second-order valence-electron chi connectivity index (χ2n) is 12.6. The molecule has 2 aromatic rings. The number of Topliss-reactive ketones (excluding diaryl/α,β-unsaturated/α-hetero) is 4. The highest BCUT2D eigenvalue weighted by Gasteiger charge is 2.78. The molecule has 2 aromatic carbocycles. The lowest BCUT2D eigenvalue weighted by Gasteiger charge is -2.61. The predicted octanol–water partition coefficient (Wildman–Crippen LogP) is 1.62. The average Bonchev–Trinajstić information content (AvgIpc) is 3.02. The fourth-order valence-corrected chi connectivity index (χ4v) is 10.2. The van der Waals surface area contributed by atoms with E-state index >= 15 is 0 Å². The Hall–Kier alpha value is -4.15. The van der Waals surface area contributed by atoms with Gasteiger partial charge in [0.1, 0.15) is 21.0 Å². The van der Waals surface area contributed by atoms with E-state index in [1.165, 1.54) is 38.1 Å². The molecule has 2 aliphatic carbocycles. The van der Waals surface area contributed by atoms with Crippen LogP contribution in [0.4, 0.5) is 0 Å². The first-order valence-corrected chi connectivity index (χ1v) is 15.9. The molecule has 2 saturated heterocycles. The fourth-order valence-electron chi connectivity index (χ4n) is 7.83. The molecule has 0 radical (unpaired) electrons. The monoisotopic (exact) mass is 684 g/mol. The lowest BCUT2D eigenvalue weighted by atomic mass is 9.63. The third kappa shape index (κ3) is 4.27. The molecule has 0 spiro atoms. The van der Waals surface area contributed by atoms with Crippen molar-refractivity contribution < 1.29 is 68.5 Å². The van der Waals surface area contributed by atoms with Gasteiger partial charge in [-0.25, -0.2) is 0 Å². The Kier molecular flexibility index (Phi) is 7.87. The minimum atomic E-state index is -2.90. The Morgan fingerprint density at radius 2 is 1.19 bits per heavy atom. The fraction of sp³-hybridized carbons (Fsp3) is 0.455. The summed E-state index contributed by atoms with van der Waals surface area (Å²) in [7, 11) is 1.12. The number of hydrogen-bond acceptors (Lipinski definition) is 14. The van der Waals surface area contributed by atoms with E-state index in [0.29, 0.717) is 11.8 Å². The molecule has 254 valence electrons. The summed E-state index contributed by atoms with van der Waals surface area (Å²) in [6, 6.07) is 7.31. The SMILES string of the molecule is COC(=O)CC1CC2(SC34CC(CC(=O)O)OC(C)C3(O)C(=O)c3c(O)cccc3C4=O)C(=O)c3cccc(O)c3C(=O)C2(O)C(C)O1. The van der Waals surface area contributed by atoms with Crippen molar-refractivity contribution in [2.75, 3.05) is 7.11 Å². The number of phenolic OH excluding ortho intramolecular Hbond substituents is 2. The number of carboxylic acids is 1. The summed E-state index contributed by atoms with van der Waals surface area (Å²) < 4.78 is 11.5. The molecular formula is C33H32O14S. The van der Waals surface area contributed by atoms with Gasteiger partial charge in [-0.2, -0.15) is 0 Å². The van der Waals surface area contributed by atoms with Crippen LogP contribution in [0.3, 0.4) is 0 Å². The largest absolute Gasteiger partial charge is 0.507 e. The minimum Gasteiger partial charge on any atom is -0.507 e. The zero-order valence-corrected chi connectivity index (χ0v) is 26.7. The van der Waals surface area contributed by atoms with E-state index in [0.717, 1.165) is 19.2 Å². The van der Waals surface area contributed by atoms with E-state index < -0.39 is 128 Å². The Morgan fingerprint density at radius 3 is 1.58 bits per heavy atom. The number of thioether (sulfide) groups is 1. The molecule has 8 unspecified atom stereocenters. The van der Waals surface area contributed by atoms with Crippen molar-refractivity contribution in [1.82, 2.24) is 0 Å². The number of carbonyl (C=O) groups is 6. The smallest absolute Gasteiger partial charge is 0.308 e. The summed E-state index contributed by atoms with van der Waals surface area (Å²) in [5.74, 6) is -7.64. The second kappa shape index (κ2) is 11.2. The molecule has 2 aliphatic heterocycles. The summed E-state index contributed by atoms with van der Waals surface area (Å²) in [5, 5.41) is 56.3. The first kappa shape index (κ1) is 33.7. The van der Waals surface area contributed by atoms with Gasteiger partial charge in [-0.05, 0) is 38.8 Å². The zero-order valence-electron chi connectivity index (χ0n) is 25.9. The van der Waals surface area contributed by atoms with Crippen LogP contribution in [0.1, 0.15) is 81.0 Å². The van der Waals surface area contributed by atoms with Gasteiger partial charge in [0, 0.05) is 11.1 Å². The number of aromatic hydroxyl groups is 2. The number of carbonyl (C=O) groups excluding carboxylic acids is 5. The molecular weight excluding hydrogens is 652 g/mol. The number of aliphatic carboxylic acids is 1. The van der Waals surface area contributed by atoms with Gasteiger partial charge in [-0.15, -0.1) is 11.8 Å². The third-order valence-electron chi connectivity index (χ3n) is 10.1. The minimum absolute atomic E-state index is 0.332. The van der Waals surface area contributed by atoms with Crippen molar-refractivity contribution in [2.24, 2.45) is 0 Å². The molecule has 15 heteroatoms. The molecule has 0 amide bonds. The van der Waals surface area contributed by atoms with Crippen LogP contribution in [-0.2, 0) is 23.8 Å². The number of aliphatic hydroxyl groups is 2. The van der Waals surface area contributed by atoms with Gasteiger partial charge < -0.3 is 39.7 Å². The first-order chi connectivity index (χ1) is 22.5. The van der Waals surface area contributed by atoms with Crippen LogP contribution in [0, 0.1) is 0 Å². The van der Waals surface area contributed by atoms with Crippen molar-refractivity contribution >= 4 is 46.8 Å². The molecule has 0 saturated carbocycles. The van der Waals surface area contributed by atoms with E-state index in [-0.39, 0.29) is 11.1 Å². The molecule has 8 atom stereocenters. The molecule has 2 heterocycles. The van der Waals surface area contributed by atoms with E-state index in [9.17, 15) is 54.3 Å². The van der Waals surface area contributed by atoms with Crippen molar-refractivity contribution in [2.45, 2.75) is 84.6 Å².